The van der Waals surface area contributed by atoms with Crippen molar-refractivity contribution in [3.8, 4) is 0 Å². The van der Waals surface area contributed by atoms with Crippen molar-refractivity contribution >= 4 is 28.3 Å². The van der Waals surface area contributed by atoms with Gasteiger partial charge in [-0.2, -0.15) is 0 Å². The number of nitrogens with zero attached hydrogens (tertiary/aromatic N) is 1. The van der Waals surface area contributed by atoms with E-state index in [1.54, 1.807) is 5.38 Å². The van der Waals surface area contributed by atoms with E-state index in [9.17, 15) is 9.59 Å². The highest BCUT2D eigenvalue weighted by Crippen LogP contribution is 2.15. The largest absolute Gasteiger partial charge is 0.457 e. The fourth-order valence-electron chi connectivity index (χ4n) is 0.895. The topological polar surface area (TPSA) is 77.5 Å². The van der Waals surface area contributed by atoms with Crippen LogP contribution in [0.4, 0.5) is 5.13 Å². The van der Waals surface area contributed by atoms with Crippen LogP contribution in [0.2, 0.25) is 0 Å². The van der Waals surface area contributed by atoms with Gasteiger partial charge in [-0.1, -0.05) is 0 Å². The highest BCUT2D eigenvalue weighted by Gasteiger charge is 2.06. The van der Waals surface area contributed by atoms with Crippen LogP contribution in [-0.4, -0.2) is 30.6 Å². The molecule has 0 fully saturated rings. The molecule has 0 unspecified atom stereocenters. The number of thiazole rings is 1. The van der Waals surface area contributed by atoms with Crippen LogP contribution < -0.4 is 5.32 Å². The molecule has 0 saturated carbocycles. The molecule has 7 heteroatoms. The summed E-state index contributed by atoms with van der Waals surface area (Å²) >= 11 is 1.28. The number of rotatable bonds is 5. The fraction of sp³-hybridized carbons (Fsp3) is 0.444. The number of carbonyl (C=O) groups is 2. The zero-order valence-electron chi connectivity index (χ0n) is 8.98. The number of methoxy groups -OCH3 is 1. The average Bonchev–Trinajstić information content (AvgIpc) is 2.62. The first-order valence-corrected chi connectivity index (χ1v) is 5.36. The Balaban J connectivity index is 2.40. The summed E-state index contributed by atoms with van der Waals surface area (Å²) in [7, 11) is 1.42. The molecule has 0 aliphatic heterocycles. The van der Waals surface area contributed by atoms with E-state index in [-0.39, 0.29) is 19.1 Å². The molecule has 0 bridgehead atoms. The van der Waals surface area contributed by atoms with Crippen molar-refractivity contribution in [1.29, 1.82) is 0 Å². The summed E-state index contributed by atoms with van der Waals surface area (Å²) in [5.74, 6) is -0.631. The molecule has 0 saturated heterocycles. The van der Waals surface area contributed by atoms with E-state index in [1.165, 1.54) is 25.4 Å². The zero-order valence-corrected chi connectivity index (χ0v) is 9.80. The van der Waals surface area contributed by atoms with Gasteiger partial charge in [0, 0.05) is 19.4 Å². The van der Waals surface area contributed by atoms with Gasteiger partial charge in [-0.05, 0) is 0 Å². The zero-order chi connectivity index (χ0) is 12.0. The van der Waals surface area contributed by atoms with Crippen molar-refractivity contribution in [3.05, 3.63) is 11.1 Å². The van der Waals surface area contributed by atoms with E-state index in [4.69, 9.17) is 4.74 Å². The first-order chi connectivity index (χ1) is 7.61. The van der Waals surface area contributed by atoms with Gasteiger partial charge in [0.1, 0.15) is 13.2 Å². The van der Waals surface area contributed by atoms with Crippen LogP contribution in [0.25, 0.3) is 0 Å². The van der Waals surface area contributed by atoms with E-state index < -0.39 is 5.97 Å². The number of hydrogen-bond donors (Lipinski definition) is 1. The number of hydrogen-bond acceptors (Lipinski definition) is 6. The standard InChI is InChI=1S/C9H12N2O4S/c1-6(12)10-9-11-7(5-16-9)3-15-8(13)4-14-2/h5H,3-4H2,1-2H3,(H,10,11,12). The Hall–Kier alpha value is -1.47. The van der Waals surface area contributed by atoms with Crippen LogP contribution in [-0.2, 0) is 25.7 Å². The van der Waals surface area contributed by atoms with Crippen molar-refractivity contribution in [2.45, 2.75) is 13.5 Å². The Labute approximate surface area is 96.6 Å². The molecule has 6 nitrogen and oxygen atoms in total. The molecule has 0 aliphatic rings. The molecular weight excluding hydrogens is 232 g/mol. The highest BCUT2D eigenvalue weighted by molar-refractivity contribution is 7.13. The predicted molar refractivity (Wildman–Crippen MR) is 58.1 cm³/mol. The third-order valence-electron chi connectivity index (χ3n) is 1.48. The Morgan fingerprint density at radius 3 is 2.94 bits per heavy atom. The summed E-state index contributed by atoms with van der Waals surface area (Å²) in [4.78, 5) is 25.7. The highest BCUT2D eigenvalue weighted by atomic mass is 32.1. The van der Waals surface area contributed by atoms with Crippen LogP contribution in [0.1, 0.15) is 12.6 Å². The van der Waals surface area contributed by atoms with Crippen LogP contribution in [0.15, 0.2) is 5.38 Å². The quantitative estimate of drug-likeness (QED) is 0.775. The van der Waals surface area contributed by atoms with Crippen LogP contribution in [0.5, 0.6) is 0 Å². The average molecular weight is 244 g/mol. The molecule has 0 atom stereocenters. The number of aromatic nitrogens is 1. The molecule has 16 heavy (non-hydrogen) atoms. The number of carbonyl (C=O) groups excluding carboxylic acids is 2. The second kappa shape index (κ2) is 6.19. The number of ether oxygens (including phenoxy) is 2. The number of esters is 1. The van der Waals surface area contributed by atoms with E-state index in [0.717, 1.165) is 0 Å². The summed E-state index contributed by atoms with van der Waals surface area (Å²) in [5, 5.41) is 4.75. The fourth-order valence-corrected chi connectivity index (χ4v) is 1.64. The maximum absolute atomic E-state index is 11.0. The summed E-state index contributed by atoms with van der Waals surface area (Å²) in [6.45, 7) is 1.40. The lowest BCUT2D eigenvalue weighted by atomic mass is 10.5. The molecule has 1 amide bonds. The van der Waals surface area contributed by atoms with Gasteiger partial charge in [-0.3, -0.25) is 4.79 Å². The van der Waals surface area contributed by atoms with Gasteiger partial charge in [0.2, 0.25) is 5.91 Å². The van der Waals surface area contributed by atoms with Gasteiger partial charge in [0.15, 0.2) is 5.13 Å². The Morgan fingerprint density at radius 1 is 1.56 bits per heavy atom. The van der Waals surface area contributed by atoms with E-state index in [0.29, 0.717) is 10.8 Å². The molecule has 0 radical (unpaired) electrons. The lowest BCUT2D eigenvalue weighted by Crippen LogP contribution is -2.11. The molecule has 1 heterocycles. The van der Waals surface area contributed by atoms with Gasteiger partial charge in [-0.15, -0.1) is 11.3 Å². The van der Waals surface area contributed by atoms with Crippen molar-refractivity contribution in [2.75, 3.05) is 19.0 Å². The number of nitrogens with one attached hydrogen (secondary N) is 1. The van der Waals surface area contributed by atoms with E-state index in [2.05, 4.69) is 15.0 Å². The molecule has 1 N–H and O–H groups in total. The minimum Gasteiger partial charge on any atom is -0.457 e. The van der Waals surface area contributed by atoms with Gasteiger partial charge in [0.05, 0.1) is 5.69 Å². The van der Waals surface area contributed by atoms with Crippen molar-refractivity contribution in [1.82, 2.24) is 4.98 Å². The van der Waals surface area contributed by atoms with Crippen LogP contribution in [0, 0.1) is 0 Å². The summed E-state index contributed by atoms with van der Waals surface area (Å²) in [5.41, 5.74) is 0.596. The molecule has 88 valence electrons. The maximum Gasteiger partial charge on any atom is 0.332 e. The summed E-state index contributed by atoms with van der Waals surface area (Å²) in [6, 6.07) is 0. The SMILES string of the molecule is COCC(=O)OCc1csc(NC(C)=O)n1. The molecule has 0 spiro atoms. The van der Waals surface area contributed by atoms with Gasteiger partial charge >= 0.3 is 5.97 Å². The van der Waals surface area contributed by atoms with Crippen LogP contribution in [0.3, 0.4) is 0 Å². The predicted octanol–water partition coefficient (Wildman–Crippen LogP) is 0.791. The smallest absolute Gasteiger partial charge is 0.332 e. The lowest BCUT2D eigenvalue weighted by Gasteiger charge is -2.00. The number of amides is 1. The minimum absolute atomic E-state index is 0.0807. The Bertz CT molecular complexity index is 377. The Morgan fingerprint density at radius 2 is 2.31 bits per heavy atom. The normalized spacial score (nSPS) is 9.88. The molecule has 0 aliphatic carbocycles. The second-order valence-electron chi connectivity index (χ2n) is 2.92. The molecule has 1 aromatic rings. The maximum atomic E-state index is 11.0. The first kappa shape index (κ1) is 12.6. The van der Waals surface area contributed by atoms with Gasteiger partial charge < -0.3 is 14.8 Å². The van der Waals surface area contributed by atoms with E-state index in [1.807, 2.05) is 0 Å². The van der Waals surface area contributed by atoms with Gasteiger partial charge in [0.25, 0.3) is 0 Å². The van der Waals surface area contributed by atoms with Crippen molar-refractivity contribution in [2.24, 2.45) is 0 Å². The third kappa shape index (κ3) is 4.37. The summed E-state index contributed by atoms with van der Waals surface area (Å²) < 4.78 is 9.45. The van der Waals surface area contributed by atoms with Crippen LogP contribution >= 0.6 is 11.3 Å². The van der Waals surface area contributed by atoms with E-state index >= 15 is 0 Å². The summed E-state index contributed by atoms with van der Waals surface area (Å²) in [6.07, 6.45) is 0. The molecule has 1 aromatic heterocycles. The second-order valence-corrected chi connectivity index (χ2v) is 3.78. The minimum atomic E-state index is -0.448. The van der Waals surface area contributed by atoms with Crippen molar-refractivity contribution in [3.63, 3.8) is 0 Å². The lowest BCUT2D eigenvalue weighted by molar-refractivity contribution is -0.149. The molecule has 1 rings (SSSR count). The molecule has 0 aromatic carbocycles. The monoisotopic (exact) mass is 244 g/mol. The third-order valence-corrected chi connectivity index (χ3v) is 2.28. The molecular formula is C9H12N2O4S. The van der Waals surface area contributed by atoms with Crippen molar-refractivity contribution < 1.29 is 19.1 Å². The van der Waals surface area contributed by atoms with Gasteiger partial charge in [-0.25, -0.2) is 9.78 Å². The Kier molecular flexibility index (Phi) is 4.87. The first-order valence-electron chi connectivity index (χ1n) is 4.48. The number of anilines is 1.